The van der Waals surface area contributed by atoms with Crippen LogP contribution in [0.4, 0.5) is 0 Å². The SMILES string of the molecule is O=C(CCC(=O)NCC(NS(=O)(=O)c1ccccc1)C(=O)O)NCCC1CCCCC1. The molecule has 1 aromatic rings. The molecule has 1 aliphatic carbocycles. The molecule has 0 bridgehead atoms. The van der Waals surface area contributed by atoms with Crippen molar-refractivity contribution in [1.29, 1.82) is 0 Å². The summed E-state index contributed by atoms with van der Waals surface area (Å²) in [5, 5.41) is 14.5. The fourth-order valence-electron chi connectivity index (χ4n) is 3.55. The van der Waals surface area contributed by atoms with Gasteiger partial charge in [0.05, 0.1) is 4.90 Å². The van der Waals surface area contributed by atoms with Gasteiger partial charge in [-0.1, -0.05) is 50.3 Å². The molecule has 1 aliphatic rings. The Morgan fingerprint density at radius 3 is 2.19 bits per heavy atom. The van der Waals surface area contributed by atoms with E-state index in [0.29, 0.717) is 12.5 Å². The molecule has 4 N–H and O–H groups in total. The number of carbonyl (C=O) groups excluding carboxylic acids is 2. The number of carboxylic acids is 1. The quantitative estimate of drug-likeness (QED) is 0.377. The lowest BCUT2D eigenvalue weighted by molar-refractivity contribution is -0.139. The molecule has 1 saturated carbocycles. The first-order chi connectivity index (χ1) is 14.8. The zero-order valence-corrected chi connectivity index (χ0v) is 18.3. The van der Waals surface area contributed by atoms with Crippen molar-refractivity contribution < 1.29 is 27.9 Å². The molecule has 0 saturated heterocycles. The molecule has 0 radical (unpaired) electrons. The van der Waals surface area contributed by atoms with E-state index in [1.165, 1.54) is 56.4 Å². The lowest BCUT2D eigenvalue weighted by Crippen LogP contribution is -2.48. The zero-order valence-electron chi connectivity index (χ0n) is 17.5. The van der Waals surface area contributed by atoms with E-state index in [9.17, 15) is 27.9 Å². The smallest absolute Gasteiger partial charge is 0.323 e. The van der Waals surface area contributed by atoms with E-state index in [1.807, 2.05) is 0 Å². The first-order valence-corrected chi connectivity index (χ1v) is 12.1. The van der Waals surface area contributed by atoms with Crippen molar-refractivity contribution in [2.45, 2.75) is 62.3 Å². The summed E-state index contributed by atoms with van der Waals surface area (Å²) in [6.45, 7) is 0.164. The summed E-state index contributed by atoms with van der Waals surface area (Å²) in [5.41, 5.74) is 0. The Hall–Kier alpha value is -2.46. The summed E-state index contributed by atoms with van der Waals surface area (Å²) in [6, 6.07) is 5.83. The molecule has 0 aromatic heterocycles. The van der Waals surface area contributed by atoms with Crippen LogP contribution in [0.5, 0.6) is 0 Å². The molecule has 0 spiro atoms. The number of benzene rings is 1. The van der Waals surface area contributed by atoms with Gasteiger partial charge in [0.1, 0.15) is 6.04 Å². The third-order valence-corrected chi connectivity index (χ3v) is 6.82. The Morgan fingerprint density at radius 1 is 0.968 bits per heavy atom. The Labute approximate surface area is 183 Å². The van der Waals surface area contributed by atoms with Crippen LogP contribution in [0.1, 0.15) is 51.4 Å². The van der Waals surface area contributed by atoms with Crippen molar-refractivity contribution in [1.82, 2.24) is 15.4 Å². The Bertz CT molecular complexity index is 838. The van der Waals surface area contributed by atoms with E-state index in [4.69, 9.17) is 0 Å². The molecule has 1 aromatic carbocycles. The minimum atomic E-state index is -4.04. The molecule has 1 atom stereocenters. The lowest BCUT2D eigenvalue weighted by atomic mass is 9.87. The Balaban J connectivity index is 1.70. The highest BCUT2D eigenvalue weighted by Gasteiger charge is 2.25. The number of hydrogen-bond donors (Lipinski definition) is 4. The van der Waals surface area contributed by atoms with Crippen molar-refractivity contribution in [3.8, 4) is 0 Å². The van der Waals surface area contributed by atoms with Gasteiger partial charge in [0.2, 0.25) is 21.8 Å². The van der Waals surface area contributed by atoms with Gasteiger partial charge in [-0.05, 0) is 24.5 Å². The molecular formula is C21H31N3O6S. The highest BCUT2D eigenvalue weighted by molar-refractivity contribution is 7.89. The number of hydrogen-bond acceptors (Lipinski definition) is 5. The molecule has 9 nitrogen and oxygen atoms in total. The number of rotatable bonds is 12. The third kappa shape index (κ3) is 9.06. The third-order valence-electron chi connectivity index (χ3n) is 5.33. The number of sulfonamides is 1. The van der Waals surface area contributed by atoms with Crippen LogP contribution < -0.4 is 15.4 Å². The summed E-state index contributed by atoms with van der Waals surface area (Å²) in [7, 11) is -4.04. The first-order valence-electron chi connectivity index (χ1n) is 10.6. The predicted molar refractivity (Wildman–Crippen MR) is 115 cm³/mol. The van der Waals surface area contributed by atoms with Crippen LogP contribution in [0, 0.1) is 5.92 Å². The first kappa shape index (κ1) is 24.8. The highest BCUT2D eigenvalue weighted by atomic mass is 32.2. The molecule has 10 heteroatoms. The van der Waals surface area contributed by atoms with Gasteiger partial charge in [-0.25, -0.2) is 8.42 Å². The molecule has 0 aliphatic heterocycles. The van der Waals surface area contributed by atoms with E-state index >= 15 is 0 Å². The average Bonchev–Trinajstić information content (AvgIpc) is 2.76. The maximum Gasteiger partial charge on any atom is 0.323 e. The topological polar surface area (TPSA) is 142 Å². The van der Waals surface area contributed by atoms with Crippen LogP contribution in [-0.4, -0.2) is 50.4 Å². The van der Waals surface area contributed by atoms with Gasteiger partial charge in [0.15, 0.2) is 0 Å². The zero-order chi connectivity index (χ0) is 22.7. The van der Waals surface area contributed by atoms with Gasteiger partial charge in [0, 0.05) is 25.9 Å². The number of carbonyl (C=O) groups is 3. The molecule has 2 rings (SSSR count). The molecule has 172 valence electrons. The molecule has 1 fully saturated rings. The molecule has 2 amide bonds. The fraction of sp³-hybridized carbons (Fsp3) is 0.571. The fourth-order valence-corrected chi connectivity index (χ4v) is 4.76. The number of nitrogens with one attached hydrogen (secondary N) is 3. The van der Waals surface area contributed by atoms with Gasteiger partial charge in [-0.3, -0.25) is 14.4 Å². The van der Waals surface area contributed by atoms with E-state index in [0.717, 1.165) is 6.42 Å². The predicted octanol–water partition coefficient (Wildman–Crippen LogP) is 1.40. The summed E-state index contributed by atoms with van der Waals surface area (Å²) >= 11 is 0. The summed E-state index contributed by atoms with van der Waals surface area (Å²) in [6.07, 6.45) is 7.02. The largest absolute Gasteiger partial charge is 0.480 e. The molecular weight excluding hydrogens is 422 g/mol. The van der Waals surface area contributed by atoms with Gasteiger partial charge < -0.3 is 15.7 Å². The minimum absolute atomic E-state index is 0.00994. The number of aliphatic carboxylic acids is 1. The maximum absolute atomic E-state index is 12.3. The van der Waals surface area contributed by atoms with E-state index in [1.54, 1.807) is 6.07 Å². The Kier molecular flexibility index (Phi) is 9.93. The van der Waals surface area contributed by atoms with Gasteiger partial charge >= 0.3 is 5.97 Å². The second-order valence-electron chi connectivity index (χ2n) is 7.77. The Morgan fingerprint density at radius 2 is 1.58 bits per heavy atom. The second-order valence-corrected chi connectivity index (χ2v) is 9.49. The van der Waals surface area contributed by atoms with E-state index < -0.39 is 34.5 Å². The highest BCUT2D eigenvalue weighted by Crippen LogP contribution is 2.25. The van der Waals surface area contributed by atoms with Crippen LogP contribution in [-0.2, 0) is 24.4 Å². The maximum atomic E-state index is 12.3. The minimum Gasteiger partial charge on any atom is -0.480 e. The van der Waals surface area contributed by atoms with E-state index in [-0.39, 0.29) is 23.6 Å². The van der Waals surface area contributed by atoms with Crippen LogP contribution in [0.2, 0.25) is 0 Å². The average molecular weight is 454 g/mol. The van der Waals surface area contributed by atoms with Crippen LogP contribution >= 0.6 is 0 Å². The van der Waals surface area contributed by atoms with Crippen molar-refractivity contribution in [3.63, 3.8) is 0 Å². The van der Waals surface area contributed by atoms with Gasteiger partial charge in [-0.15, -0.1) is 0 Å². The van der Waals surface area contributed by atoms with Gasteiger partial charge in [-0.2, -0.15) is 4.72 Å². The number of amides is 2. The van der Waals surface area contributed by atoms with Crippen LogP contribution in [0.25, 0.3) is 0 Å². The summed E-state index contributed by atoms with van der Waals surface area (Å²) < 4.78 is 26.6. The van der Waals surface area contributed by atoms with Crippen molar-refractivity contribution >= 4 is 27.8 Å². The van der Waals surface area contributed by atoms with Crippen molar-refractivity contribution in [3.05, 3.63) is 30.3 Å². The van der Waals surface area contributed by atoms with Crippen molar-refractivity contribution in [2.75, 3.05) is 13.1 Å². The lowest BCUT2D eigenvalue weighted by Gasteiger charge is -2.21. The molecule has 31 heavy (non-hydrogen) atoms. The van der Waals surface area contributed by atoms with Crippen LogP contribution in [0.15, 0.2) is 35.2 Å². The van der Waals surface area contributed by atoms with Gasteiger partial charge in [0.25, 0.3) is 0 Å². The summed E-state index contributed by atoms with van der Waals surface area (Å²) in [4.78, 5) is 35.2. The normalized spacial score (nSPS) is 15.7. The van der Waals surface area contributed by atoms with Crippen molar-refractivity contribution in [2.24, 2.45) is 5.92 Å². The number of carboxylic acid groups (broad SMARTS) is 1. The second kappa shape index (κ2) is 12.4. The monoisotopic (exact) mass is 453 g/mol. The van der Waals surface area contributed by atoms with Crippen LogP contribution in [0.3, 0.4) is 0 Å². The summed E-state index contributed by atoms with van der Waals surface area (Å²) in [5.74, 6) is -1.51. The molecule has 0 heterocycles. The molecule has 1 unspecified atom stereocenters. The standard InChI is InChI=1S/C21H31N3O6S/c25-19(22-14-13-16-7-3-1-4-8-16)11-12-20(26)23-15-18(21(27)28)24-31(29,30)17-9-5-2-6-10-17/h2,5-6,9-10,16,18,24H,1,3-4,7-8,11-15H2,(H,22,25)(H,23,26)(H,27,28). The van der Waals surface area contributed by atoms with E-state index in [2.05, 4.69) is 15.4 Å².